The second-order valence-corrected chi connectivity index (χ2v) is 6.48. The Morgan fingerprint density at radius 2 is 1.85 bits per heavy atom. The number of rotatable bonds is 10. The molecule has 0 aromatic heterocycles. The van der Waals surface area contributed by atoms with Crippen LogP contribution in [-0.2, 0) is 11.3 Å². The number of ether oxygens (including phenoxy) is 2. The predicted octanol–water partition coefficient (Wildman–Crippen LogP) is 4.45. The Morgan fingerprint density at radius 1 is 1.04 bits per heavy atom. The van der Waals surface area contributed by atoms with Crippen molar-refractivity contribution in [2.24, 2.45) is 5.92 Å². The van der Waals surface area contributed by atoms with Crippen molar-refractivity contribution in [3.05, 3.63) is 60.2 Å². The van der Waals surface area contributed by atoms with Gasteiger partial charge in [-0.05, 0) is 42.2 Å². The number of anilines is 1. The molecular weight excluding hydrogens is 328 g/mol. The first kappa shape index (κ1) is 19.8. The Morgan fingerprint density at radius 3 is 2.62 bits per heavy atom. The quantitative estimate of drug-likeness (QED) is 0.618. The van der Waals surface area contributed by atoms with Crippen LogP contribution in [0.15, 0.2) is 54.6 Å². The molecule has 0 aliphatic heterocycles. The van der Waals surface area contributed by atoms with Crippen molar-refractivity contribution in [2.45, 2.75) is 26.9 Å². The van der Waals surface area contributed by atoms with E-state index >= 15 is 0 Å². The molecule has 5 heteroatoms. The summed E-state index contributed by atoms with van der Waals surface area (Å²) in [6.07, 6.45) is 0.965. The molecule has 0 radical (unpaired) electrons. The van der Waals surface area contributed by atoms with E-state index in [2.05, 4.69) is 24.5 Å². The SMILES string of the molecule is CC(C)CCNC(=O)Nc1cccc(COCCOc2ccccc2)c1. The van der Waals surface area contributed by atoms with E-state index in [1.807, 2.05) is 54.6 Å². The molecule has 0 fully saturated rings. The highest BCUT2D eigenvalue weighted by Crippen LogP contribution is 2.12. The lowest BCUT2D eigenvalue weighted by Crippen LogP contribution is -2.30. The number of hydrogen-bond donors (Lipinski definition) is 2. The van der Waals surface area contributed by atoms with Gasteiger partial charge in [-0.25, -0.2) is 4.79 Å². The molecule has 2 rings (SSSR count). The van der Waals surface area contributed by atoms with Gasteiger partial charge in [-0.1, -0.05) is 44.2 Å². The molecule has 0 unspecified atom stereocenters. The summed E-state index contributed by atoms with van der Waals surface area (Å²) in [4.78, 5) is 11.9. The van der Waals surface area contributed by atoms with Crippen LogP contribution < -0.4 is 15.4 Å². The highest BCUT2D eigenvalue weighted by molar-refractivity contribution is 5.89. The van der Waals surface area contributed by atoms with E-state index in [-0.39, 0.29) is 6.03 Å². The average Bonchev–Trinajstić information content (AvgIpc) is 2.62. The largest absolute Gasteiger partial charge is 0.491 e. The Balaban J connectivity index is 1.67. The van der Waals surface area contributed by atoms with Crippen LogP contribution in [0.3, 0.4) is 0 Å². The van der Waals surface area contributed by atoms with Gasteiger partial charge in [-0.3, -0.25) is 0 Å². The van der Waals surface area contributed by atoms with Crippen molar-refractivity contribution in [3.8, 4) is 5.75 Å². The molecule has 0 aliphatic rings. The van der Waals surface area contributed by atoms with Crippen LogP contribution in [0.25, 0.3) is 0 Å². The fourth-order valence-electron chi connectivity index (χ4n) is 2.31. The van der Waals surface area contributed by atoms with Crippen LogP contribution in [0.4, 0.5) is 10.5 Å². The van der Waals surface area contributed by atoms with Gasteiger partial charge in [-0.15, -0.1) is 0 Å². The number of amides is 2. The van der Waals surface area contributed by atoms with Crippen LogP contribution in [0.2, 0.25) is 0 Å². The molecule has 2 aromatic rings. The minimum atomic E-state index is -0.181. The van der Waals surface area contributed by atoms with Gasteiger partial charge in [0, 0.05) is 12.2 Å². The lowest BCUT2D eigenvalue weighted by atomic mass is 10.1. The third-order valence-corrected chi connectivity index (χ3v) is 3.70. The minimum absolute atomic E-state index is 0.181. The standard InChI is InChI=1S/C21H28N2O3/c1-17(2)11-12-22-21(24)23-19-8-6-7-18(15-19)16-25-13-14-26-20-9-4-3-5-10-20/h3-10,15,17H,11-14,16H2,1-2H3,(H2,22,23,24). The van der Waals surface area contributed by atoms with Gasteiger partial charge in [0.05, 0.1) is 13.2 Å². The van der Waals surface area contributed by atoms with Crippen LogP contribution in [0.1, 0.15) is 25.8 Å². The van der Waals surface area contributed by atoms with Gasteiger partial charge in [0.1, 0.15) is 12.4 Å². The van der Waals surface area contributed by atoms with E-state index in [4.69, 9.17) is 9.47 Å². The maximum absolute atomic E-state index is 11.9. The molecule has 0 heterocycles. The third kappa shape index (κ3) is 8.03. The zero-order valence-electron chi connectivity index (χ0n) is 15.5. The summed E-state index contributed by atoms with van der Waals surface area (Å²) in [7, 11) is 0. The van der Waals surface area contributed by atoms with Crippen LogP contribution in [0.5, 0.6) is 5.75 Å². The van der Waals surface area contributed by atoms with Crippen molar-refractivity contribution < 1.29 is 14.3 Å². The Labute approximate surface area is 155 Å². The molecule has 2 aromatic carbocycles. The molecule has 2 amide bonds. The molecule has 0 atom stereocenters. The second kappa shape index (κ2) is 11.2. The normalized spacial score (nSPS) is 10.6. The summed E-state index contributed by atoms with van der Waals surface area (Å²) in [6, 6.07) is 17.1. The second-order valence-electron chi connectivity index (χ2n) is 6.48. The van der Waals surface area contributed by atoms with Crippen molar-refractivity contribution in [3.63, 3.8) is 0 Å². The van der Waals surface area contributed by atoms with Gasteiger partial charge in [-0.2, -0.15) is 0 Å². The zero-order chi connectivity index (χ0) is 18.6. The van der Waals surface area contributed by atoms with E-state index < -0.39 is 0 Å². The lowest BCUT2D eigenvalue weighted by Gasteiger charge is -2.10. The molecule has 5 nitrogen and oxygen atoms in total. The number of carbonyl (C=O) groups excluding carboxylic acids is 1. The topological polar surface area (TPSA) is 59.6 Å². The van der Waals surface area contributed by atoms with Crippen molar-refractivity contribution in [2.75, 3.05) is 25.1 Å². The van der Waals surface area contributed by atoms with Gasteiger partial charge in [0.2, 0.25) is 0 Å². The average molecular weight is 356 g/mol. The monoisotopic (exact) mass is 356 g/mol. The van der Waals surface area contributed by atoms with E-state index in [9.17, 15) is 4.79 Å². The van der Waals surface area contributed by atoms with Gasteiger partial charge >= 0.3 is 6.03 Å². The first-order valence-electron chi connectivity index (χ1n) is 9.03. The maximum Gasteiger partial charge on any atom is 0.319 e. The smallest absolute Gasteiger partial charge is 0.319 e. The summed E-state index contributed by atoms with van der Waals surface area (Å²) in [5.74, 6) is 1.41. The summed E-state index contributed by atoms with van der Waals surface area (Å²) >= 11 is 0. The van der Waals surface area contributed by atoms with E-state index in [1.165, 1.54) is 0 Å². The highest BCUT2D eigenvalue weighted by Gasteiger charge is 2.03. The summed E-state index contributed by atoms with van der Waals surface area (Å²) in [5, 5.41) is 5.71. The summed E-state index contributed by atoms with van der Waals surface area (Å²) in [5.41, 5.74) is 1.76. The predicted molar refractivity (Wildman–Crippen MR) is 105 cm³/mol. The maximum atomic E-state index is 11.9. The molecule has 2 N–H and O–H groups in total. The van der Waals surface area contributed by atoms with Crippen molar-refractivity contribution in [1.82, 2.24) is 5.32 Å². The number of carbonyl (C=O) groups is 1. The van der Waals surface area contributed by atoms with Crippen LogP contribution in [0, 0.1) is 5.92 Å². The van der Waals surface area contributed by atoms with Gasteiger partial charge in [0.15, 0.2) is 0 Å². The number of benzene rings is 2. The lowest BCUT2D eigenvalue weighted by molar-refractivity contribution is 0.0889. The number of nitrogens with one attached hydrogen (secondary N) is 2. The number of urea groups is 1. The van der Waals surface area contributed by atoms with E-state index in [0.717, 1.165) is 23.4 Å². The fraction of sp³-hybridized carbons (Fsp3) is 0.381. The third-order valence-electron chi connectivity index (χ3n) is 3.70. The van der Waals surface area contributed by atoms with Crippen LogP contribution in [-0.4, -0.2) is 25.8 Å². The van der Waals surface area contributed by atoms with Crippen LogP contribution >= 0.6 is 0 Å². The minimum Gasteiger partial charge on any atom is -0.491 e. The number of para-hydroxylation sites is 1. The zero-order valence-corrected chi connectivity index (χ0v) is 15.5. The van der Waals surface area contributed by atoms with Gasteiger partial charge < -0.3 is 20.1 Å². The molecule has 0 spiro atoms. The molecular formula is C21H28N2O3. The summed E-state index contributed by atoms with van der Waals surface area (Å²) < 4.78 is 11.2. The Bertz CT molecular complexity index is 659. The highest BCUT2D eigenvalue weighted by atomic mass is 16.5. The molecule has 0 bridgehead atoms. The summed E-state index contributed by atoms with van der Waals surface area (Å²) in [6.45, 7) is 6.42. The molecule has 140 valence electrons. The molecule has 0 saturated heterocycles. The molecule has 26 heavy (non-hydrogen) atoms. The van der Waals surface area contributed by atoms with Crippen molar-refractivity contribution in [1.29, 1.82) is 0 Å². The van der Waals surface area contributed by atoms with Gasteiger partial charge in [0.25, 0.3) is 0 Å². The Hall–Kier alpha value is -2.53. The molecule has 0 saturated carbocycles. The molecule has 0 aliphatic carbocycles. The fourth-order valence-corrected chi connectivity index (χ4v) is 2.31. The first-order valence-corrected chi connectivity index (χ1v) is 9.03. The Kier molecular flexibility index (Phi) is 8.49. The van der Waals surface area contributed by atoms with E-state index in [0.29, 0.717) is 32.3 Å². The first-order chi connectivity index (χ1) is 12.6. The van der Waals surface area contributed by atoms with E-state index in [1.54, 1.807) is 0 Å². The number of hydrogen-bond acceptors (Lipinski definition) is 3. The van der Waals surface area contributed by atoms with Crippen molar-refractivity contribution >= 4 is 11.7 Å².